The van der Waals surface area contributed by atoms with Crippen LogP contribution in [0.15, 0.2) is 47.8 Å². The highest BCUT2D eigenvalue weighted by Crippen LogP contribution is 2.36. The molecule has 6 heteroatoms. The summed E-state index contributed by atoms with van der Waals surface area (Å²) in [5.74, 6) is 1.97. The average molecular weight is 397 g/mol. The van der Waals surface area contributed by atoms with E-state index in [4.69, 9.17) is 0 Å². The summed E-state index contributed by atoms with van der Waals surface area (Å²) < 4.78 is 2.12. The number of aliphatic hydroxyl groups excluding tert-OH is 1. The second-order valence-corrected chi connectivity index (χ2v) is 9.04. The van der Waals surface area contributed by atoms with Gasteiger partial charge in [0, 0.05) is 30.8 Å². The molecule has 1 aliphatic carbocycles. The number of aliphatic hydroxyl groups is 1. The first-order valence-electron chi connectivity index (χ1n) is 9.97. The lowest BCUT2D eigenvalue weighted by Gasteiger charge is -2.39. The van der Waals surface area contributed by atoms with Crippen LogP contribution in [0.5, 0.6) is 0 Å². The molecule has 1 aliphatic rings. The number of aromatic nitrogens is 3. The number of benzene rings is 1. The zero-order valence-electron chi connectivity index (χ0n) is 16.7. The first kappa shape index (κ1) is 19.3. The Morgan fingerprint density at radius 2 is 1.96 bits per heavy atom. The van der Waals surface area contributed by atoms with Crippen molar-refractivity contribution in [1.29, 1.82) is 0 Å². The highest BCUT2D eigenvalue weighted by molar-refractivity contribution is 7.98. The molecule has 0 saturated heterocycles. The van der Waals surface area contributed by atoms with Crippen molar-refractivity contribution in [2.24, 2.45) is 11.8 Å². The smallest absolute Gasteiger partial charge is 0.155 e. The largest absolute Gasteiger partial charge is 0.396 e. The summed E-state index contributed by atoms with van der Waals surface area (Å²) in [6.45, 7) is 4.70. The van der Waals surface area contributed by atoms with Crippen LogP contribution in [0, 0.1) is 18.8 Å². The van der Waals surface area contributed by atoms with E-state index >= 15 is 0 Å². The Morgan fingerprint density at radius 1 is 1.18 bits per heavy atom. The minimum Gasteiger partial charge on any atom is -0.396 e. The number of anilines is 1. The first-order chi connectivity index (χ1) is 13.6. The summed E-state index contributed by atoms with van der Waals surface area (Å²) in [7, 11) is 2.15. The third-order valence-electron chi connectivity index (χ3n) is 5.97. The number of nitrogens with zero attached hydrogens (tertiary/aromatic N) is 4. The van der Waals surface area contributed by atoms with Crippen molar-refractivity contribution in [1.82, 2.24) is 13.9 Å². The quantitative estimate of drug-likeness (QED) is 0.687. The van der Waals surface area contributed by atoms with Gasteiger partial charge in [-0.3, -0.25) is 3.97 Å². The molecule has 2 aromatic heterocycles. The molecule has 1 N–H and O–H groups in total. The lowest BCUT2D eigenvalue weighted by atomic mass is 9.78. The highest BCUT2D eigenvalue weighted by Gasteiger charge is 2.31. The van der Waals surface area contributed by atoms with Crippen molar-refractivity contribution >= 4 is 28.8 Å². The van der Waals surface area contributed by atoms with Crippen molar-refractivity contribution in [2.45, 2.75) is 44.0 Å². The van der Waals surface area contributed by atoms with Crippen molar-refractivity contribution in [2.75, 3.05) is 18.6 Å². The molecule has 28 heavy (non-hydrogen) atoms. The Morgan fingerprint density at radius 3 is 2.68 bits per heavy atom. The molecule has 0 amide bonds. The molecule has 0 spiro atoms. The third kappa shape index (κ3) is 3.76. The summed E-state index contributed by atoms with van der Waals surface area (Å²) in [5.41, 5.74) is 2.21. The van der Waals surface area contributed by atoms with Crippen LogP contribution in [0.2, 0.25) is 0 Å². The van der Waals surface area contributed by atoms with E-state index in [1.54, 1.807) is 18.3 Å². The van der Waals surface area contributed by atoms with Gasteiger partial charge in [0.25, 0.3) is 0 Å². The summed E-state index contributed by atoms with van der Waals surface area (Å²) >= 11 is 1.67. The van der Waals surface area contributed by atoms with Gasteiger partial charge in [-0.05, 0) is 68.2 Å². The zero-order chi connectivity index (χ0) is 19.7. The van der Waals surface area contributed by atoms with Gasteiger partial charge in [0.2, 0.25) is 0 Å². The average Bonchev–Trinajstić information content (AvgIpc) is 3.12. The Kier molecular flexibility index (Phi) is 5.60. The van der Waals surface area contributed by atoms with Crippen molar-refractivity contribution in [3.8, 4) is 0 Å². The van der Waals surface area contributed by atoms with Gasteiger partial charge in [0.05, 0.1) is 5.39 Å². The molecule has 0 bridgehead atoms. The van der Waals surface area contributed by atoms with Gasteiger partial charge in [-0.25, -0.2) is 9.97 Å². The number of hydrogen-bond acceptors (Lipinski definition) is 5. The van der Waals surface area contributed by atoms with Gasteiger partial charge < -0.3 is 10.0 Å². The minimum atomic E-state index is 0.303. The Labute approximate surface area is 170 Å². The van der Waals surface area contributed by atoms with Gasteiger partial charge in [0.1, 0.15) is 12.1 Å². The van der Waals surface area contributed by atoms with E-state index in [-0.39, 0.29) is 0 Å². The number of aryl methyl sites for hydroxylation is 1. The van der Waals surface area contributed by atoms with E-state index in [9.17, 15) is 5.11 Å². The number of fused-ring (bicyclic) bond motifs is 1. The fraction of sp³-hybridized carbons (Fsp3) is 0.455. The molecule has 1 fully saturated rings. The summed E-state index contributed by atoms with van der Waals surface area (Å²) in [6, 6.07) is 11.1. The van der Waals surface area contributed by atoms with E-state index in [0.717, 1.165) is 36.1 Å². The van der Waals surface area contributed by atoms with Crippen LogP contribution in [0.4, 0.5) is 5.82 Å². The Hall–Kier alpha value is -2.05. The predicted octanol–water partition coefficient (Wildman–Crippen LogP) is 4.53. The molecule has 4 rings (SSSR count). The number of hydrogen-bond donors (Lipinski definition) is 1. The maximum absolute atomic E-state index is 9.49. The molecule has 148 valence electrons. The predicted molar refractivity (Wildman–Crippen MR) is 116 cm³/mol. The van der Waals surface area contributed by atoms with E-state index < -0.39 is 0 Å². The molecule has 2 heterocycles. The molecule has 3 unspecified atom stereocenters. The fourth-order valence-electron chi connectivity index (χ4n) is 4.37. The highest BCUT2D eigenvalue weighted by atomic mass is 32.2. The van der Waals surface area contributed by atoms with Crippen molar-refractivity contribution in [3.05, 3.63) is 48.4 Å². The lowest BCUT2D eigenvalue weighted by Crippen LogP contribution is -2.42. The van der Waals surface area contributed by atoms with E-state index in [0.29, 0.717) is 24.5 Å². The van der Waals surface area contributed by atoms with Crippen LogP contribution < -0.4 is 4.90 Å². The number of rotatable bonds is 5. The van der Waals surface area contributed by atoms with Crippen LogP contribution in [-0.2, 0) is 0 Å². The monoisotopic (exact) mass is 396 g/mol. The Balaban J connectivity index is 1.60. The maximum atomic E-state index is 9.49. The first-order valence-corrected chi connectivity index (χ1v) is 10.7. The minimum absolute atomic E-state index is 0.303. The summed E-state index contributed by atoms with van der Waals surface area (Å²) in [6.07, 6.45) is 6.99. The second kappa shape index (κ2) is 8.13. The molecule has 3 aromatic rings. The molecule has 5 nitrogen and oxygen atoms in total. The molecule has 1 aromatic carbocycles. The summed E-state index contributed by atoms with van der Waals surface area (Å²) in [4.78, 5) is 12.7. The Bertz CT molecular complexity index is 939. The standard InChI is InChI=1S/C22H28N4OS/c1-15-4-7-18(8-5-15)28-26-11-10-19-21(23-14-24-22(19)26)25(3)20-9-6-17(13-27)12-16(20)2/h4-5,7-8,10-11,14,16-17,20,27H,6,9,12-13H2,1-3H3. The van der Waals surface area contributed by atoms with Crippen LogP contribution in [0.3, 0.4) is 0 Å². The van der Waals surface area contributed by atoms with E-state index in [1.807, 2.05) is 0 Å². The van der Waals surface area contributed by atoms with E-state index in [2.05, 4.69) is 76.3 Å². The van der Waals surface area contributed by atoms with Crippen LogP contribution in [0.1, 0.15) is 31.7 Å². The second-order valence-electron chi connectivity index (χ2n) is 8.00. The van der Waals surface area contributed by atoms with Gasteiger partial charge in [-0.1, -0.05) is 24.6 Å². The van der Waals surface area contributed by atoms with Crippen LogP contribution in [0.25, 0.3) is 11.0 Å². The van der Waals surface area contributed by atoms with Crippen LogP contribution >= 0.6 is 11.9 Å². The van der Waals surface area contributed by atoms with Crippen molar-refractivity contribution in [3.63, 3.8) is 0 Å². The van der Waals surface area contributed by atoms with Crippen LogP contribution in [-0.4, -0.2) is 38.7 Å². The SMILES string of the molecule is Cc1ccc(Sn2ccc3c(N(C)C4CCC(CO)CC4C)ncnc32)cc1. The molecule has 0 aliphatic heterocycles. The normalized spacial score (nSPS) is 22.5. The van der Waals surface area contributed by atoms with Gasteiger partial charge in [-0.2, -0.15) is 0 Å². The molecule has 3 atom stereocenters. The molecular weight excluding hydrogens is 368 g/mol. The fourth-order valence-corrected chi connectivity index (χ4v) is 5.21. The molecule has 1 saturated carbocycles. The van der Waals surface area contributed by atoms with E-state index in [1.165, 1.54) is 10.5 Å². The zero-order valence-corrected chi connectivity index (χ0v) is 17.6. The van der Waals surface area contributed by atoms with Gasteiger partial charge in [-0.15, -0.1) is 0 Å². The third-order valence-corrected chi connectivity index (χ3v) is 6.95. The van der Waals surface area contributed by atoms with Crippen molar-refractivity contribution < 1.29 is 5.11 Å². The lowest BCUT2D eigenvalue weighted by molar-refractivity contribution is 0.153. The summed E-state index contributed by atoms with van der Waals surface area (Å²) in [5, 5.41) is 10.6. The van der Waals surface area contributed by atoms with Gasteiger partial charge in [0.15, 0.2) is 5.65 Å². The maximum Gasteiger partial charge on any atom is 0.155 e. The molecule has 0 radical (unpaired) electrons. The molecular formula is C22H28N4OS. The van der Waals surface area contributed by atoms with Gasteiger partial charge >= 0.3 is 0 Å². The topological polar surface area (TPSA) is 54.2 Å².